The molecule has 0 bridgehead atoms. The summed E-state index contributed by atoms with van der Waals surface area (Å²) in [6, 6.07) is 8.95. The molecule has 0 unspecified atom stereocenters. The average Bonchev–Trinajstić information content (AvgIpc) is 3.50. The van der Waals surface area contributed by atoms with Crippen molar-refractivity contribution in [1.29, 1.82) is 0 Å². The van der Waals surface area contributed by atoms with Gasteiger partial charge < -0.3 is 28.8 Å². The number of likely N-dealkylation sites (tertiary alicyclic amines) is 1. The summed E-state index contributed by atoms with van der Waals surface area (Å²) in [6.07, 6.45) is 5.74. The maximum atomic E-state index is 13.3. The van der Waals surface area contributed by atoms with Gasteiger partial charge in [-0.3, -0.25) is 9.59 Å². The molecule has 0 spiro atoms. The molecule has 0 radical (unpaired) electrons. The highest BCUT2D eigenvalue weighted by Gasteiger charge is 2.47. The fourth-order valence-electron chi connectivity index (χ4n) is 4.37. The van der Waals surface area contributed by atoms with Crippen molar-refractivity contribution < 1.29 is 28.9 Å². The average molecular weight is 512 g/mol. The summed E-state index contributed by atoms with van der Waals surface area (Å²) in [7, 11) is 4.46. The van der Waals surface area contributed by atoms with Gasteiger partial charge in [-0.1, -0.05) is 23.7 Å². The smallest absolute Gasteiger partial charge is 0.295 e. The molecule has 1 atom stereocenters. The number of aliphatic hydroxyl groups is 1. The summed E-state index contributed by atoms with van der Waals surface area (Å²) in [5.41, 5.74) is 0.735. The molecule has 1 amide bonds. The number of aryl methyl sites for hydroxylation is 1. The number of carbonyl (C=O) groups excluding carboxylic acids is 2. The molecule has 3 aromatic rings. The molecule has 1 aromatic heterocycles. The number of hydrogen-bond acceptors (Lipinski definition) is 7. The molecule has 1 aliphatic heterocycles. The van der Waals surface area contributed by atoms with Gasteiger partial charge >= 0.3 is 0 Å². The lowest BCUT2D eigenvalue weighted by atomic mass is 9.94. The summed E-state index contributed by atoms with van der Waals surface area (Å²) in [6.45, 7) is 0.854. The third-order valence-corrected chi connectivity index (χ3v) is 6.36. The number of nitrogens with zero attached hydrogens (tertiary/aromatic N) is 3. The first-order valence-corrected chi connectivity index (χ1v) is 11.6. The van der Waals surface area contributed by atoms with E-state index in [4.69, 9.17) is 25.8 Å². The molecule has 36 heavy (non-hydrogen) atoms. The number of benzene rings is 2. The summed E-state index contributed by atoms with van der Waals surface area (Å²) in [5, 5.41) is 11.6. The Morgan fingerprint density at radius 2 is 1.83 bits per heavy atom. The van der Waals surface area contributed by atoms with Crippen LogP contribution >= 0.6 is 11.6 Å². The number of carbonyl (C=O) groups is 2. The second-order valence-corrected chi connectivity index (χ2v) is 8.49. The highest BCUT2D eigenvalue weighted by atomic mass is 35.5. The molecular formula is C26H26ClN3O6. The number of Topliss-reactive ketones (excluding diaryl/α,β-unsaturated/α-hetero) is 1. The quantitative estimate of drug-likeness (QED) is 0.262. The van der Waals surface area contributed by atoms with Crippen LogP contribution in [0.3, 0.4) is 0 Å². The maximum absolute atomic E-state index is 13.3. The zero-order valence-corrected chi connectivity index (χ0v) is 20.9. The SMILES string of the molecule is COc1ccc(/C(O)=C2\C(=O)C(=O)N(CCCn3ccnc3)[C@H]2c2cccc(OC)c2OC)cc1Cl. The largest absolute Gasteiger partial charge is 0.507 e. The highest BCUT2D eigenvalue weighted by molar-refractivity contribution is 6.46. The van der Waals surface area contributed by atoms with E-state index in [1.165, 1.54) is 32.3 Å². The second-order valence-electron chi connectivity index (χ2n) is 8.08. The molecule has 1 aliphatic rings. The Labute approximate surface area is 213 Å². The Morgan fingerprint density at radius 3 is 2.47 bits per heavy atom. The minimum absolute atomic E-state index is 0.0598. The van der Waals surface area contributed by atoms with Gasteiger partial charge in [-0.25, -0.2) is 4.98 Å². The summed E-state index contributed by atoms with van der Waals surface area (Å²) in [4.78, 5) is 32.0. The number of aliphatic hydroxyl groups excluding tert-OH is 1. The number of para-hydroxylation sites is 1. The first-order chi connectivity index (χ1) is 17.4. The van der Waals surface area contributed by atoms with Crippen LogP contribution in [0.4, 0.5) is 0 Å². The molecule has 0 aliphatic carbocycles. The summed E-state index contributed by atoms with van der Waals surface area (Å²) < 4.78 is 18.1. The third-order valence-electron chi connectivity index (χ3n) is 6.07. The summed E-state index contributed by atoms with van der Waals surface area (Å²) in [5.74, 6) is -0.630. The van der Waals surface area contributed by atoms with Crippen LogP contribution in [0.2, 0.25) is 5.02 Å². The molecule has 188 valence electrons. The van der Waals surface area contributed by atoms with E-state index in [0.717, 1.165) is 0 Å². The van der Waals surface area contributed by atoms with Crippen LogP contribution < -0.4 is 14.2 Å². The highest BCUT2D eigenvalue weighted by Crippen LogP contribution is 2.45. The van der Waals surface area contributed by atoms with E-state index >= 15 is 0 Å². The fraction of sp³-hybridized carbons (Fsp3) is 0.269. The monoisotopic (exact) mass is 511 g/mol. The Hall–Kier alpha value is -3.98. The first-order valence-electron chi connectivity index (χ1n) is 11.2. The van der Waals surface area contributed by atoms with E-state index in [0.29, 0.717) is 35.8 Å². The standard InChI is InChI=1S/C26H26ClN3O6/c1-34-19-9-8-16(14-18(19)27)23(31)21-22(17-6-4-7-20(35-2)25(17)36-3)30(26(33)24(21)32)12-5-11-29-13-10-28-15-29/h4,6-10,13-15,22,31H,5,11-12H2,1-3H3/b23-21+/t22-/m0/s1. The van der Waals surface area contributed by atoms with Crippen LogP contribution in [0.5, 0.6) is 17.2 Å². The van der Waals surface area contributed by atoms with E-state index < -0.39 is 17.7 Å². The van der Waals surface area contributed by atoms with Gasteiger partial charge in [0.2, 0.25) is 0 Å². The van der Waals surface area contributed by atoms with Gasteiger partial charge in [0.25, 0.3) is 11.7 Å². The van der Waals surface area contributed by atoms with E-state index in [2.05, 4.69) is 4.98 Å². The van der Waals surface area contributed by atoms with Crippen LogP contribution in [0.25, 0.3) is 5.76 Å². The number of hydrogen-bond donors (Lipinski definition) is 1. The van der Waals surface area contributed by atoms with Crippen molar-refractivity contribution in [1.82, 2.24) is 14.5 Å². The van der Waals surface area contributed by atoms with Crippen molar-refractivity contribution in [2.24, 2.45) is 0 Å². The number of methoxy groups -OCH3 is 3. The Balaban J connectivity index is 1.83. The molecule has 9 nitrogen and oxygen atoms in total. The van der Waals surface area contributed by atoms with E-state index in [9.17, 15) is 14.7 Å². The first kappa shape index (κ1) is 25.1. The van der Waals surface area contributed by atoms with Crippen molar-refractivity contribution in [2.75, 3.05) is 27.9 Å². The zero-order valence-electron chi connectivity index (χ0n) is 20.1. The van der Waals surface area contributed by atoms with Crippen molar-refractivity contribution in [3.05, 3.63) is 76.8 Å². The maximum Gasteiger partial charge on any atom is 0.295 e. The molecular weight excluding hydrogens is 486 g/mol. The van der Waals surface area contributed by atoms with Crippen LogP contribution in [-0.2, 0) is 16.1 Å². The topological polar surface area (TPSA) is 103 Å². The van der Waals surface area contributed by atoms with E-state index in [1.807, 2.05) is 10.8 Å². The number of ketones is 1. The Morgan fingerprint density at radius 1 is 1.06 bits per heavy atom. The van der Waals surface area contributed by atoms with Crippen LogP contribution in [0.15, 0.2) is 60.7 Å². The van der Waals surface area contributed by atoms with Crippen LogP contribution in [0, 0.1) is 0 Å². The predicted molar refractivity (Wildman–Crippen MR) is 133 cm³/mol. The molecule has 1 saturated heterocycles. The van der Waals surface area contributed by atoms with Crippen molar-refractivity contribution in [3.63, 3.8) is 0 Å². The second kappa shape index (κ2) is 10.7. The van der Waals surface area contributed by atoms with E-state index in [-0.39, 0.29) is 28.5 Å². The van der Waals surface area contributed by atoms with Gasteiger partial charge in [-0.05, 0) is 30.7 Å². The normalized spacial score (nSPS) is 16.9. The lowest BCUT2D eigenvalue weighted by Crippen LogP contribution is -2.31. The molecule has 1 N–H and O–H groups in total. The zero-order chi connectivity index (χ0) is 25.8. The molecule has 1 fully saturated rings. The van der Waals surface area contributed by atoms with Crippen molar-refractivity contribution in [3.8, 4) is 17.2 Å². The van der Waals surface area contributed by atoms with Crippen LogP contribution in [0.1, 0.15) is 23.6 Å². The number of rotatable bonds is 9. The molecule has 10 heteroatoms. The number of aromatic nitrogens is 2. The van der Waals surface area contributed by atoms with Gasteiger partial charge in [0, 0.05) is 36.6 Å². The fourth-order valence-corrected chi connectivity index (χ4v) is 4.63. The summed E-state index contributed by atoms with van der Waals surface area (Å²) >= 11 is 6.27. The number of halogens is 1. The lowest BCUT2D eigenvalue weighted by molar-refractivity contribution is -0.140. The van der Waals surface area contributed by atoms with Crippen LogP contribution in [-0.4, -0.2) is 59.1 Å². The van der Waals surface area contributed by atoms with Gasteiger partial charge in [0.15, 0.2) is 11.5 Å². The van der Waals surface area contributed by atoms with E-state index in [1.54, 1.807) is 42.9 Å². The van der Waals surface area contributed by atoms with Gasteiger partial charge in [0.05, 0.1) is 44.3 Å². The number of imidazole rings is 1. The van der Waals surface area contributed by atoms with Crippen molar-refractivity contribution in [2.45, 2.75) is 19.0 Å². The van der Waals surface area contributed by atoms with Gasteiger partial charge in [-0.15, -0.1) is 0 Å². The molecule has 0 saturated carbocycles. The van der Waals surface area contributed by atoms with Gasteiger partial charge in [-0.2, -0.15) is 0 Å². The Bertz CT molecular complexity index is 1310. The lowest BCUT2D eigenvalue weighted by Gasteiger charge is -2.27. The number of ether oxygens (including phenoxy) is 3. The molecule has 2 heterocycles. The third kappa shape index (κ3) is 4.61. The minimum atomic E-state index is -0.904. The molecule has 4 rings (SSSR count). The Kier molecular flexibility index (Phi) is 7.49. The molecule has 2 aromatic carbocycles. The van der Waals surface area contributed by atoms with Crippen molar-refractivity contribution >= 4 is 29.1 Å². The van der Waals surface area contributed by atoms with Gasteiger partial charge in [0.1, 0.15) is 11.5 Å². The number of amides is 1. The minimum Gasteiger partial charge on any atom is -0.507 e. The predicted octanol–water partition coefficient (Wildman–Crippen LogP) is 4.07.